The van der Waals surface area contributed by atoms with Crippen molar-refractivity contribution in [2.45, 2.75) is 18.5 Å². The van der Waals surface area contributed by atoms with Crippen molar-refractivity contribution in [2.75, 3.05) is 6.54 Å². The van der Waals surface area contributed by atoms with E-state index in [1.165, 1.54) is 18.3 Å². The molecule has 164 valence electrons. The molecule has 2 N–H and O–H groups in total. The minimum absolute atomic E-state index is 0.306. The molecule has 3 aromatic rings. The highest BCUT2D eigenvalue weighted by Crippen LogP contribution is 2.31. The number of hydrogen-bond donors (Lipinski definition) is 2. The van der Waals surface area contributed by atoms with Crippen LogP contribution in [0.25, 0.3) is 0 Å². The van der Waals surface area contributed by atoms with Gasteiger partial charge in [0.15, 0.2) is 0 Å². The van der Waals surface area contributed by atoms with Gasteiger partial charge in [-0.25, -0.2) is 13.6 Å². The fraction of sp³-hybridized carbons (Fsp3) is 0.174. The molecule has 2 heterocycles. The van der Waals surface area contributed by atoms with Gasteiger partial charge in [-0.2, -0.15) is 0 Å². The van der Waals surface area contributed by atoms with Crippen LogP contribution < -0.4 is 10.6 Å². The van der Waals surface area contributed by atoms with Gasteiger partial charge in [0.05, 0.1) is 6.04 Å². The fourth-order valence-electron chi connectivity index (χ4n) is 3.67. The van der Waals surface area contributed by atoms with E-state index in [-0.39, 0.29) is 5.56 Å². The zero-order valence-corrected chi connectivity index (χ0v) is 17.8. The lowest BCUT2D eigenvalue weighted by Crippen LogP contribution is -2.44. The average molecular weight is 455 g/mol. The van der Waals surface area contributed by atoms with E-state index in [4.69, 9.17) is 0 Å². The van der Waals surface area contributed by atoms with E-state index in [9.17, 15) is 23.2 Å². The third kappa shape index (κ3) is 3.99. The van der Waals surface area contributed by atoms with E-state index in [1.807, 2.05) is 47.8 Å². The molecule has 0 radical (unpaired) electrons. The van der Waals surface area contributed by atoms with Crippen LogP contribution in [0.15, 0.2) is 66.0 Å². The topological polar surface area (TPSA) is 78.5 Å². The summed E-state index contributed by atoms with van der Waals surface area (Å²) in [5.74, 6) is -2.99. The van der Waals surface area contributed by atoms with Crippen molar-refractivity contribution in [1.29, 1.82) is 0 Å². The van der Waals surface area contributed by atoms with Gasteiger partial charge in [-0.15, -0.1) is 11.3 Å². The van der Waals surface area contributed by atoms with E-state index >= 15 is 0 Å². The highest BCUT2D eigenvalue weighted by atomic mass is 32.1. The number of carbonyl (C=O) groups excluding carboxylic acids is 3. The second-order valence-electron chi connectivity index (χ2n) is 7.50. The third-order valence-electron chi connectivity index (χ3n) is 5.31. The van der Waals surface area contributed by atoms with Crippen LogP contribution in [0.4, 0.5) is 13.6 Å². The fourth-order valence-corrected chi connectivity index (χ4v) is 4.48. The van der Waals surface area contributed by atoms with Gasteiger partial charge in [0.1, 0.15) is 23.7 Å². The first kappa shape index (κ1) is 21.6. The number of thiophene rings is 1. The van der Waals surface area contributed by atoms with Crippen molar-refractivity contribution in [3.05, 3.63) is 93.7 Å². The maximum absolute atomic E-state index is 14.3. The molecule has 0 saturated carbocycles. The number of amides is 4. The molecule has 2 unspecified atom stereocenters. The molecule has 1 aliphatic rings. The summed E-state index contributed by atoms with van der Waals surface area (Å²) in [5.41, 5.74) is -1.29. The van der Waals surface area contributed by atoms with Gasteiger partial charge in [0.25, 0.3) is 5.91 Å². The summed E-state index contributed by atoms with van der Waals surface area (Å²) in [6.07, 6.45) is 0. The summed E-state index contributed by atoms with van der Waals surface area (Å²) in [6.45, 7) is 0.716. The normalized spacial score (nSPS) is 19.0. The van der Waals surface area contributed by atoms with Crippen LogP contribution in [0, 0.1) is 11.6 Å². The second-order valence-corrected chi connectivity index (χ2v) is 8.48. The minimum Gasteiger partial charge on any atom is -0.343 e. The molecule has 4 rings (SSSR count). The lowest BCUT2D eigenvalue weighted by atomic mass is 9.91. The Balaban J connectivity index is 1.55. The molecule has 1 saturated heterocycles. The van der Waals surface area contributed by atoms with Gasteiger partial charge in [-0.05, 0) is 42.1 Å². The second kappa shape index (κ2) is 8.51. The molecular weight excluding hydrogens is 436 g/mol. The number of nitrogens with one attached hydrogen (secondary N) is 2. The van der Waals surface area contributed by atoms with Crippen molar-refractivity contribution >= 4 is 29.2 Å². The Hall–Kier alpha value is -3.59. The zero-order valence-electron chi connectivity index (χ0n) is 17.0. The van der Waals surface area contributed by atoms with Crippen molar-refractivity contribution in [3.8, 4) is 0 Å². The van der Waals surface area contributed by atoms with Crippen molar-refractivity contribution < 1.29 is 23.2 Å². The van der Waals surface area contributed by atoms with Gasteiger partial charge in [0.2, 0.25) is 5.91 Å². The SMILES string of the molecule is CC1(c2cc(F)ccc2F)NC(=O)N(CC(=O)NC(c2ccccc2)c2cccs2)C1=O. The Kier molecular flexibility index (Phi) is 5.75. The van der Waals surface area contributed by atoms with Crippen LogP contribution in [-0.4, -0.2) is 29.3 Å². The molecule has 0 spiro atoms. The first-order valence-electron chi connectivity index (χ1n) is 9.77. The number of carbonyl (C=O) groups is 3. The van der Waals surface area contributed by atoms with Crippen LogP contribution in [0.1, 0.15) is 29.0 Å². The van der Waals surface area contributed by atoms with Crippen LogP contribution in [0.5, 0.6) is 0 Å². The molecular formula is C23H19F2N3O3S. The highest BCUT2D eigenvalue weighted by molar-refractivity contribution is 7.10. The van der Waals surface area contributed by atoms with E-state index in [2.05, 4.69) is 10.6 Å². The number of imide groups is 1. The van der Waals surface area contributed by atoms with Gasteiger partial charge < -0.3 is 10.6 Å². The number of urea groups is 1. The number of benzene rings is 2. The number of nitrogens with zero attached hydrogens (tertiary/aromatic N) is 1. The van der Waals surface area contributed by atoms with Crippen LogP contribution in [0.2, 0.25) is 0 Å². The summed E-state index contributed by atoms with van der Waals surface area (Å²) >= 11 is 1.46. The summed E-state index contributed by atoms with van der Waals surface area (Å²) in [5, 5.41) is 7.12. The molecule has 32 heavy (non-hydrogen) atoms. The minimum atomic E-state index is -1.82. The van der Waals surface area contributed by atoms with Gasteiger partial charge in [0, 0.05) is 10.4 Å². The Bertz CT molecular complexity index is 1170. The Morgan fingerprint density at radius 2 is 1.88 bits per heavy atom. The largest absolute Gasteiger partial charge is 0.343 e. The molecule has 4 amide bonds. The molecule has 9 heteroatoms. The highest BCUT2D eigenvalue weighted by Gasteiger charge is 2.51. The van der Waals surface area contributed by atoms with Crippen molar-refractivity contribution in [2.24, 2.45) is 0 Å². The van der Waals surface area contributed by atoms with Gasteiger partial charge in [-0.1, -0.05) is 36.4 Å². The first-order chi connectivity index (χ1) is 15.3. The Morgan fingerprint density at radius 3 is 2.56 bits per heavy atom. The van der Waals surface area contributed by atoms with Crippen LogP contribution in [-0.2, 0) is 15.1 Å². The smallest absolute Gasteiger partial charge is 0.325 e. The van der Waals surface area contributed by atoms with E-state index < -0.39 is 47.6 Å². The Morgan fingerprint density at radius 1 is 1.12 bits per heavy atom. The lowest BCUT2D eigenvalue weighted by Gasteiger charge is -2.23. The third-order valence-corrected chi connectivity index (χ3v) is 6.25. The van der Waals surface area contributed by atoms with E-state index in [1.54, 1.807) is 0 Å². The average Bonchev–Trinajstić information content (AvgIpc) is 3.38. The number of halogens is 2. The quantitative estimate of drug-likeness (QED) is 0.557. The maximum atomic E-state index is 14.3. The summed E-state index contributed by atoms with van der Waals surface area (Å²) < 4.78 is 28.0. The van der Waals surface area contributed by atoms with Gasteiger partial charge in [-0.3, -0.25) is 14.5 Å². The van der Waals surface area contributed by atoms with Crippen LogP contribution >= 0.6 is 11.3 Å². The van der Waals surface area contributed by atoms with Crippen molar-refractivity contribution in [3.63, 3.8) is 0 Å². The van der Waals surface area contributed by atoms with Gasteiger partial charge >= 0.3 is 6.03 Å². The molecule has 6 nitrogen and oxygen atoms in total. The Labute approximate surface area is 186 Å². The monoisotopic (exact) mass is 455 g/mol. The molecule has 1 aliphatic heterocycles. The van der Waals surface area contributed by atoms with Crippen molar-refractivity contribution in [1.82, 2.24) is 15.5 Å². The zero-order chi connectivity index (χ0) is 22.9. The maximum Gasteiger partial charge on any atom is 0.325 e. The number of hydrogen-bond acceptors (Lipinski definition) is 4. The lowest BCUT2D eigenvalue weighted by molar-refractivity contribution is -0.135. The molecule has 1 fully saturated rings. The number of rotatable bonds is 6. The predicted molar refractivity (Wildman–Crippen MR) is 115 cm³/mol. The standard InChI is InChI=1S/C23H19F2N3O3S/c1-23(16-12-15(24)9-10-17(16)25)21(30)28(22(31)27-23)13-19(29)26-20(18-8-5-11-32-18)14-6-3-2-4-7-14/h2-12,20H,13H2,1H3,(H,26,29)(H,27,31). The molecule has 0 aliphatic carbocycles. The summed E-state index contributed by atoms with van der Waals surface area (Å²) in [6, 6.07) is 14.4. The summed E-state index contributed by atoms with van der Waals surface area (Å²) in [7, 11) is 0. The van der Waals surface area contributed by atoms with E-state index in [0.29, 0.717) is 4.90 Å². The molecule has 2 aromatic carbocycles. The van der Waals surface area contributed by atoms with E-state index in [0.717, 1.165) is 28.6 Å². The predicted octanol–water partition coefficient (Wildman–Crippen LogP) is 3.70. The van der Waals surface area contributed by atoms with Crippen LogP contribution in [0.3, 0.4) is 0 Å². The summed E-state index contributed by atoms with van der Waals surface area (Å²) in [4.78, 5) is 39.9. The molecule has 1 aromatic heterocycles. The molecule has 2 atom stereocenters. The molecule has 0 bridgehead atoms. The first-order valence-corrected chi connectivity index (χ1v) is 10.6.